The topological polar surface area (TPSA) is 65.0 Å². The minimum absolute atomic E-state index is 0.189. The number of carbonyl (C=O) groups is 1. The van der Waals surface area contributed by atoms with Crippen LogP contribution in [0.25, 0.3) is 0 Å². The summed E-state index contributed by atoms with van der Waals surface area (Å²) in [5, 5.41) is 9.15. The van der Waals surface area contributed by atoms with Crippen molar-refractivity contribution in [3.05, 3.63) is 53.1 Å². The van der Waals surface area contributed by atoms with E-state index in [9.17, 15) is 4.79 Å². The van der Waals surface area contributed by atoms with Gasteiger partial charge in [-0.2, -0.15) is 0 Å². The van der Waals surface area contributed by atoms with Gasteiger partial charge >= 0.3 is 5.97 Å². The normalized spacial score (nSPS) is 13.6. The van der Waals surface area contributed by atoms with Crippen molar-refractivity contribution in [1.82, 2.24) is 0 Å². The molecule has 0 aromatic heterocycles. The molecule has 0 saturated carbocycles. The van der Waals surface area contributed by atoms with Crippen LogP contribution in [0.3, 0.4) is 0 Å². The van der Waals surface area contributed by atoms with Gasteiger partial charge in [0.05, 0.1) is 5.56 Å². The molecular weight excluding hydrogens is 308 g/mol. The van der Waals surface area contributed by atoms with Crippen molar-refractivity contribution in [2.24, 2.45) is 0 Å². The number of fused-ring (bicyclic) bond motifs is 1. The summed E-state index contributed by atoms with van der Waals surface area (Å²) >= 11 is 0. The predicted molar refractivity (Wildman–Crippen MR) is 89.0 cm³/mol. The number of hydrogen-bond acceptors (Lipinski definition) is 4. The standard InChI is InChI=1S/C19H20O5/c1-3-4-14-9-15(19(20)21)6-7-16(14)24-12(2)13-5-8-17-18(10-13)23-11-22-17/h5-10,12H,3-4,11H2,1-2H3,(H,20,21). The van der Waals surface area contributed by atoms with Crippen molar-refractivity contribution in [2.75, 3.05) is 6.79 Å². The average molecular weight is 328 g/mol. The fraction of sp³-hybridized carbons (Fsp3) is 0.316. The first-order chi connectivity index (χ1) is 11.6. The molecule has 5 heteroatoms. The van der Waals surface area contributed by atoms with E-state index in [1.54, 1.807) is 18.2 Å². The van der Waals surface area contributed by atoms with Gasteiger partial charge < -0.3 is 19.3 Å². The molecule has 0 saturated heterocycles. The van der Waals surface area contributed by atoms with Gasteiger partial charge in [0.2, 0.25) is 6.79 Å². The highest BCUT2D eigenvalue weighted by Gasteiger charge is 2.18. The Hall–Kier alpha value is -2.69. The molecule has 0 radical (unpaired) electrons. The van der Waals surface area contributed by atoms with Crippen LogP contribution >= 0.6 is 0 Å². The first-order valence-corrected chi connectivity index (χ1v) is 8.01. The van der Waals surface area contributed by atoms with E-state index < -0.39 is 5.97 Å². The molecule has 1 atom stereocenters. The van der Waals surface area contributed by atoms with Crippen molar-refractivity contribution < 1.29 is 24.1 Å². The van der Waals surface area contributed by atoms with E-state index in [2.05, 4.69) is 6.92 Å². The maximum absolute atomic E-state index is 11.2. The van der Waals surface area contributed by atoms with Crippen LogP contribution < -0.4 is 14.2 Å². The average Bonchev–Trinajstić information content (AvgIpc) is 3.04. The third-order valence-corrected chi connectivity index (χ3v) is 4.00. The molecule has 1 heterocycles. The molecule has 0 fully saturated rings. The molecule has 0 bridgehead atoms. The van der Waals surface area contributed by atoms with Crippen LogP contribution in [0.1, 0.15) is 47.9 Å². The zero-order valence-electron chi connectivity index (χ0n) is 13.7. The van der Waals surface area contributed by atoms with E-state index in [0.717, 1.165) is 35.5 Å². The highest BCUT2D eigenvalue weighted by Crippen LogP contribution is 2.35. The number of aryl methyl sites for hydroxylation is 1. The lowest BCUT2D eigenvalue weighted by Crippen LogP contribution is -2.06. The molecule has 3 rings (SSSR count). The van der Waals surface area contributed by atoms with Crippen molar-refractivity contribution >= 4 is 5.97 Å². The number of ether oxygens (including phenoxy) is 3. The lowest BCUT2D eigenvalue weighted by atomic mass is 10.0. The smallest absolute Gasteiger partial charge is 0.335 e. The third-order valence-electron chi connectivity index (χ3n) is 4.00. The van der Waals surface area contributed by atoms with Crippen LogP contribution in [0.5, 0.6) is 17.2 Å². The third kappa shape index (κ3) is 3.30. The largest absolute Gasteiger partial charge is 0.486 e. The van der Waals surface area contributed by atoms with Gasteiger partial charge in [0.1, 0.15) is 11.9 Å². The molecule has 0 amide bonds. The van der Waals surface area contributed by atoms with Gasteiger partial charge in [-0.25, -0.2) is 4.79 Å². The van der Waals surface area contributed by atoms with Crippen molar-refractivity contribution in [1.29, 1.82) is 0 Å². The van der Waals surface area contributed by atoms with E-state index >= 15 is 0 Å². The first kappa shape index (κ1) is 16.2. The van der Waals surface area contributed by atoms with Gasteiger partial charge in [0, 0.05) is 0 Å². The monoisotopic (exact) mass is 328 g/mol. The minimum atomic E-state index is -0.928. The van der Waals surface area contributed by atoms with E-state index in [-0.39, 0.29) is 18.5 Å². The second-order valence-electron chi connectivity index (χ2n) is 5.75. The van der Waals surface area contributed by atoms with Crippen LogP contribution in [0.2, 0.25) is 0 Å². The van der Waals surface area contributed by atoms with E-state index in [4.69, 9.17) is 19.3 Å². The zero-order valence-corrected chi connectivity index (χ0v) is 13.7. The van der Waals surface area contributed by atoms with Gasteiger partial charge in [0.25, 0.3) is 0 Å². The molecule has 1 N–H and O–H groups in total. The molecular formula is C19H20O5. The summed E-state index contributed by atoms with van der Waals surface area (Å²) < 4.78 is 16.8. The zero-order chi connectivity index (χ0) is 17.1. The minimum Gasteiger partial charge on any atom is -0.486 e. The number of carboxylic acids is 1. The summed E-state index contributed by atoms with van der Waals surface area (Å²) in [7, 11) is 0. The Kier molecular flexibility index (Phi) is 4.60. The Labute approximate surface area is 140 Å². The molecule has 1 aliphatic heterocycles. The fourth-order valence-electron chi connectivity index (χ4n) is 2.72. The highest BCUT2D eigenvalue weighted by atomic mass is 16.7. The number of rotatable bonds is 6. The quantitative estimate of drug-likeness (QED) is 0.860. The SMILES string of the molecule is CCCc1cc(C(=O)O)ccc1OC(C)c1ccc2c(c1)OCO2. The predicted octanol–water partition coefficient (Wildman–Crippen LogP) is 4.21. The summed E-state index contributed by atoms with van der Waals surface area (Å²) in [5.41, 5.74) is 2.16. The summed E-state index contributed by atoms with van der Waals surface area (Å²) in [4.78, 5) is 11.2. The maximum Gasteiger partial charge on any atom is 0.335 e. The lowest BCUT2D eigenvalue weighted by molar-refractivity contribution is 0.0696. The molecule has 5 nitrogen and oxygen atoms in total. The van der Waals surface area contributed by atoms with Crippen LogP contribution in [0.4, 0.5) is 0 Å². The van der Waals surface area contributed by atoms with Gasteiger partial charge in [-0.05, 0) is 54.8 Å². The van der Waals surface area contributed by atoms with E-state index in [1.165, 1.54) is 0 Å². The number of aromatic carboxylic acids is 1. The molecule has 2 aromatic carbocycles. The molecule has 1 unspecified atom stereocenters. The second kappa shape index (κ2) is 6.83. The Balaban J connectivity index is 1.83. The van der Waals surface area contributed by atoms with Gasteiger partial charge in [-0.1, -0.05) is 19.4 Å². The highest BCUT2D eigenvalue weighted by molar-refractivity contribution is 5.88. The second-order valence-corrected chi connectivity index (χ2v) is 5.75. The fourth-order valence-corrected chi connectivity index (χ4v) is 2.72. The summed E-state index contributed by atoms with van der Waals surface area (Å²) in [5.74, 6) is 1.25. The number of carboxylic acid groups (broad SMARTS) is 1. The lowest BCUT2D eigenvalue weighted by Gasteiger charge is -2.18. The summed E-state index contributed by atoms with van der Waals surface area (Å²) in [6.07, 6.45) is 1.49. The van der Waals surface area contributed by atoms with E-state index in [0.29, 0.717) is 5.75 Å². The maximum atomic E-state index is 11.2. The van der Waals surface area contributed by atoms with Crippen LogP contribution in [-0.2, 0) is 6.42 Å². The molecule has 1 aliphatic rings. The van der Waals surface area contributed by atoms with Crippen molar-refractivity contribution in [3.8, 4) is 17.2 Å². The van der Waals surface area contributed by atoms with Gasteiger partial charge in [-0.15, -0.1) is 0 Å². The first-order valence-electron chi connectivity index (χ1n) is 8.01. The van der Waals surface area contributed by atoms with Gasteiger partial charge in [0.15, 0.2) is 11.5 Å². The van der Waals surface area contributed by atoms with Crippen molar-refractivity contribution in [2.45, 2.75) is 32.8 Å². The van der Waals surface area contributed by atoms with Gasteiger partial charge in [-0.3, -0.25) is 0 Å². The Morgan fingerprint density at radius 3 is 2.75 bits per heavy atom. The summed E-state index contributed by atoms with van der Waals surface area (Å²) in [6.45, 7) is 4.25. The van der Waals surface area contributed by atoms with Crippen molar-refractivity contribution in [3.63, 3.8) is 0 Å². The molecule has 126 valence electrons. The van der Waals surface area contributed by atoms with Crippen LogP contribution in [-0.4, -0.2) is 17.9 Å². The number of benzene rings is 2. The number of hydrogen-bond donors (Lipinski definition) is 1. The molecule has 0 spiro atoms. The van der Waals surface area contributed by atoms with Crippen LogP contribution in [0.15, 0.2) is 36.4 Å². The molecule has 0 aliphatic carbocycles. The molecule has 24 heavy (non-hydrogen) atoms. The van der Waals surface area contributed by atoms with Crippen LogP contribution in [0, 0.1) is 0 Å². The van der Waals surface area contributed by atoms with E-state index in [1.807, 2.05) is 25.1 Å². The Morgan fingerprint density at radius 2 is 2.00 bits per heavy atom. The Morgan fingerprint density at radius 1 is 1.21 bits per heavy atom. The summed E-state index contributed by atoms with van der Waals surface area (Å²) in [6, 6.07) is 10.7. The Bertz CT molecular complexity index is 753. The molecule has 2 aromatic rings.